The van der Waals surface area contributed by atoms with Gasteiger partial charge in [-0.05, 0) is 6.92 Å². The summed E-state index contributed by atoms with van der Waals surface area (Å²) in [4.78, 5) is 28.6. The molecule has 0 bridgehead atoms. The van der Waals surface area contributed by atoms with Crippen LogP contribution in [0.5, 0.6) is 0 Å². The van der Waals surface area contributed by atoms with Crippen LogP contribution >= 0.6 is 0 Å². The van der Waals surface area contributed by atoms with E-state index in [1.54, 1.807) is 6.92 Å². The van der Waals surface area contributed by atoms with Crippen LogP contribution < -0.4 is 0 Å². The average molecular weight is 180 g/mol. The van der Waals surface area contributed by atoms with Crippen molar-refractivity contribution in [2.45, 2.75) is 13.3 Å². The fourth-order valence-electron chi connectivity index (χ4n) is 0.751. The summed E-state index contributed by atoms with van der Waals surface area (Å²) < 4.78 is 0. The standard InChI is InChI=1S/C8H8N2O3/c1-5-3-10-6(4-9-5)2-7(11)8(12)13/h3-4H,2H2,1H3,(H,12,13). The van der Waals surface area contributed by atoms with Crippen molar-refractivity contribution in [1.29, 1.82) is 0 Å². The maximum Gasteiger partial charge on any atom is 0.372 e. The topological polar surface area (TPSA) is 80.2 Å². The molecule has 0 aliphatic heterocycles. The largest absolute Gasteiger partial charge is 0.475 e. The molecule has 0 aliphatic rings. The first-order chi connectivity index (χ1) is 6.09. The smallest absolute Gasteiger partial charge is 0.372 e. The van der Waals surface area contributed by atoms with Gasteiger partial charge >= 0.3 is 5.97 Å². The van der Waals surface area contributed by atoms with Crippen LogP contribution in [0, 0.1) is 6.92 Å². The third kappa shape index (κ3) is 2.62. The fraction of sp³-hybridized carbons (Fsp3) is 0.250. The fourth-order valence-corrected chi connectivity index (χ4v) is 0.751. The molecule has 0 atom stereocenters. The number of aliphatic carboxylic acids is 1. The van der Waals surface area contributed by atoms with Crippen molar-refractivity contribution >= 4 is 11.8 Å². The molecule has 0 radical (unpaired) electrons. The summed E-state index contributed by atoms with van der Waals surface area (Å²) in [5.41, 5.74) is 1.10. The minimum Gasteiger partial charge on any atom is -0.475 e. The second kappa shape index (κ2) is 3.75. The Bertz CT molecular complexity index is 332. The van der Waals surface area contributed by atoms with Gasteiger partial charge in [-0.1, -0.05) is 0 Å². The highest BCUT2D eigenvalue weighted by atomic mass is 16.4. The molecule has 5 nitrogen and oxygen atoms in total. The van der Waals surface area contributed by atoms with Crippen molar-refractivity contribution in [3.8, 4) is 0 Å². The summed E-state index contributed by atoms with van der Waals surface area (Å²) in [6, 6.07) is 0. The maximum absolute atomic E-state index is 10.7. The Hall–Kier alpha value is -1.78. The summed E-state index contributed by atoms with van der Waals surface area (Å²) >= 11 is 0. The Morgan fingerprint density at radius 1 is 1.38 bits per heavy atom. The predicted molar refractivity (Wildman–Crippen MR) is 43.1 cm³/mol. The molecular formula is C8H8N2O3. The highest BCUT2D eigenvalue weighted by Gasteiger charge is 2.12. The number of aryl methyl sites for hydroxylation is 1. The van der Waals surface area contributed by atoms with Gasteiger partial charge < -0.3 is 5.11 Å². The molecule has 1 aromatic rings. The molecule has 1 N–H and O–H groups in total. The predicted octanol–water partition coefficient (Wildman–Crippen LogP) is -0.0188. The van der Waals surface area contributed by atoms with E-state index in [1.807, 2.05) is 0 Å². The molecule has 1 rings (SSSR count). The lowest BCUT2D eigenvalue weighted by Crippen LogP contribution is -2.15. The van der Waals surface area contributed by atoms with Crippen LogP contribution in [-0.4, -0.2) is 26.8 Å². The van der Waals surface area contributed by atoms with Crippen molar-refractivity contribution < 1.29 is 14.7 Å². The van der Waals surface area contributed by atoms with Crippen molar-refractivity contribution in [3.63, 3.8) is 0 Å². The number of nitrogens with zero attached hydrogens (tertiary/aromatic N) is 2. The summed E-state index contributed by atoms with van der Waals surface area (Å²) in [7, 11) is 0. The van der Waals surface area contributed by atoms with Crippen LogP contribution in [0.15, 0.2) is 12.4 Å². The molecule has 0 aliphatic carbocycles. The molecule has 0 unspecified atom stereocenters. The first kappa shape index (κ1) is 9.31. The van der Waals surface area contributed by atoms with Gasteiger partial charge in [0.2, 0.25) is 5.78 Å². The molecule has 5 heteroatoms. The summed E-state index contributed by atoms with van der Waals surface area (Å²) in [6.45, 7) is 1.76. The molecular weight excluding hydrogens is 172 g/mol. The minimum atomic E-state index is -1.44. The molecule has 0 aromatic carbocycles. The summed E-state index contributed by atoms with van der Waals surface area (Å²) in [5, 5.41) is 8.30. The van der Waals surface area contributed by atoms with Gasteiger partial charge in [-0.15, -0.1) is 0 Å². The van der Waals surface area contributed by atoms with Crippen LogP contribution in [0.2, 0.25) is 0 Å². The number of rotatable bonds is 3. The maximum atomic E-state index is 10.7. The average Bonchev–Trinajstić information content (AvgIpc) is 2.08. The van der Waals surface area contributed by atoms with Gasteiger partial charge in [0, 0.05) is 12.4 Å². The van der Waals surface area contributed by atoms with Gasteiger partial charge in [0.1, 0.15) is 0 Å². The number of carbonyl (C=O) groups excluding carboxylic acids is 1. The zero-order valence-corrected chi connectivity index (χ0v) is 7.02. The van der Waals surface area contributed by atoms with Crippen LogP contribution in [0.25, 0.3) is 0 Å². The first-order valence-corrected chi connectivity index (χ1v) is 3.63. The molecule has 0 fully saturated rings. The molecule has 0 amide bonds. The van der Waals surface area contributed by atoms with Gasteiger partial charge in [0.15, 0.2) is 0 Å². The SMILES string of the molecule is Cc1cnc(CC(=O)C(=O)O)cn1. The Morgan fingerprint density at radius 3 is 2.54 bits per heavy atom. The van der Waals surface area contributed by atoms with Crippen LogP contribution in [0.4, 0.5) is 0 Å². The molecule has 1 aromatic heterocycles. The number of carboxylic acid groups (broad SMARTS) is 1. The zero-order chi connectivity index (χ0) is 9.84. The molecule has 13 heavy (non-hydrogen) atoms. The van der Waals surface area contributed by atoms with E-state index in [4.69, 9.17) is 5.11 Å². The zero-order valence-electron chi connectivity index (χ0n) is 7.02. The summed E-state index contributed by atoms with van der Waals surface area (Å²) in [6.07, 6.45) is 2.68. The Kier molecular flexibility index (Phi) is 2.69. The number of hydrogen-bond acceptors (Lipinski definition) is 4. The van der Waals surface area contributed by atoms with Crippen LogP contribution in [0.3, 0.4) is 0 Å². The quantitative estimate of drug-likeness (QED) is 0.661. The monoisotopic (exact) mass is 180 g/mol. The van der Waals surface area contributed by atoms with Gasteiger partial charge in [-0.25, -0.2) is 4.79 Å². The highest BCUT2D eigenvalue weighted by Crippen LogP contribution is 1.95. The summed E-state index contributed by atoms with van der Waals surface area (Å²) in [5.74, 6) is -2.32. The van der Waals surface area contributed by atoms with E-state index < -0.39 is 11.8 Å². The van der Waals surface area contributed by atoms with Crippen molar-refractivity contribution in [2.24, 2.45) is 0 Å². The van der Waals surface area contributed by atoms with E-state index in [-0.39, 0.29) is 6.42 Å². The van der Waals surface area contributed by atoms with E-state index in [0.717, 1.165) is 5.69 Å². The Morgan fingerprint density at radius 2 is 2.08 bits per heavy atom. The van der Waals surface area contributed by atoms with Gasteiger partial charge in [0.25, 0.3) is 0 Å². The third-order valence-corrected chi connectivity index (χ3v) is 1.41. The number of carbonyl (C=O) groups is 2. The highest BCUT2D eigenvalue weighted by molar-refractivity contribution is 6.33. The van der Waals surface area contributed by atoms with E-state index in [9.17, 15) is 9.59 Å². The normalized spacial score (nSPS) is 9.62. The molecule has 0 saturated heterocycles. The number of carboxylic acids is 1. The van der Waals surface area contributed by atoms with Crippen LogP contribution in [-0.2, 0) is 16.0 Å². The lowest BCUT2D eigenvalue weighted by Gasteiger charge is -1.96. The Balaban J connectivity index is 2.70. The molecule has 68 valence electrons. The van der Waals surface area contributed by atoms with E-state index in [2.05, 4.69) is 9.97 Å². The molecule has 0 saturated carbocycles. The van der Waals surface area contributed by atoms with Gasteiger partial charge in [0.05, 0.1) is 17.8 Å². The van der Waals surface area contributed by atoms with E-state index in [0.29, 0.717) is 5.69 Å². The second-order valence-corrected chi connectivity index (χ2v) is 2.55. The third-order valence-electron chi connectivity index (χ3n) is 1.41. The van der Waals surface area contributed by atoms with Gasteiger partial charge in [-0.3, -0.25) is 14.8 Å². The van der Waals surface area contributed by atoms with E-state index >= 15 is 0 Å². The van der Waals surface area contributed by atoms with Crippen molar-refractivity contribution in [3.05, 3.63) is 23.8 Å². The number of Topliss-reactive ketones (excluding diaryl/α,β-unsaturated/α-hetero) is 1. The Labute approximate surface area is 74.4 Å². The first-order valence-electron chi connectivity index (χ1n) is 3.63. The second-order valence-electron chi connectivity index (χ2n) is 2.55. The molecule has 0 spiro atoms. The lowest BCUT2D eigenvalue weighted by molar-refractivity contribution is -0.148. The number of ketones is 1. The van der Waals surface area contributed by atoms with Gasteiger partial charge in [-0.2, -0.15) is 0 Å². The van der Waals surface area contributed by atoms with E-state index in [1.165, 1.54) is 12.4 Å². The minimum absolute atomic E-state index is 0.206. The molecule has 1 heterocycles. The van der Waals surface area contributed by atoms with Crippen molar-refractivity contribution in [1.82, 2.24) is 9.97 Å². The number of hydrogen-bond donors (Lipinski definition) is 1. The van der Waals surface area contributed by atoms with Crippen LogP contribution in [0.1, 0.15) is 11.4 Å². The number of aromatic nitrogens is 2. The lowest BCUT2D eigenvalue weighted by atomic mass is 10.2. The van der Waals surface area contributed by atoms with Crippen molar-refractivity contribution in [2.75, 3.05) is 0 Å².